The number of rotatable bonds is 4. The summed E-state index contributed by atoms with van der Waals surface area (Å²) in [6, 6.07) is 15.1. The monoisotopic (exact) mass is 378 g/mol. The van der Waals surface area contributed by atoms with E-state index in [-0.39, 0.29) is 23.5 Å². The van der Waals surface area contributed by atoms with Crippen LogP contribution in [0.3, 0.4) is 0 Å². The van der Waals surface area contributed by atoms with Crippen molar-refractivity contribution in [1.29, 1.82) is 0 Å². The van der Waals surface area contributed by atoms with Crippen LogP contribution < -0.4 is 10.1 Å². The summed E-state index contributed by atoms with van der Waals surface area (Å²) in [6.45, 7) is 3.92. The first-order valence-corrected chi connectivity index (χ1v) is 9.53. The van der Waals surface area contributed by atoms with Gasteiger partial charge in [0.05, 0.1) is 21.5 Å². The second kappa shape index (κ2) is 7.04. The van der Waals surface area contributed by atoms with Crippen molar-refractivity contribution in [3.8, 4) is 5.75 Å². The van der Waals surface area contributed by atoms with Gasteiger partial charge in [-0.05, 0) is 49.7 Å². The number of thioether (sulfide) groups is 1. The summed E-state index contributed by atoms with van der Waals surface area (Å²) in [6.07, 6.45) is 0. The molecule has 1 unspecified atom stereocenters. The first-order valence-electron chi connectivity index (χ1n) is 8.65. The van der Waals surface area contributed by atoms with E-state index in [1.54, 1.807) is 18.2 Å². The van der Waals surface area contributed by atoms with E-state index in [0.29, 0.717) is 17.0 Å². The highest BCUT2D eigenvalue weighted by Crippen LogP contribution is 2.32. The van der Waals surface area contributed by atoms with Gasteiger partial charge >= 0.3 is 0 Å². The molecule has 4 rings (SSSR count). The van der Waals surface area contributed by atoms with E-state index in [0.717, 1.165) is 21.5 Å². The molecule has 2 heterocycles. The normalized spacial score (nSPS) is 14.2. The van der Waals surface area contributed by atoms with Crippen LogP contribution in [0.4, 0.5) is 5.69 Å². The van der Waals surface area contributed by atoms with Crippen molar-refractivity contribution in [1.82, 2.24) is 4.98 Å². The van der Waals surface area contributed by atoms with Crippen molar-refractivity contribution >= 4 is 40.0 Å². The number of hydrogen-bond acceptors (Lipinski definition) is 5. The highest BCUT2D eigenvalue weighted by atomic mass is 32.2. The largest absolute Gasteiger partial charge is 0.482 e. The first kappa shape index (κ1) is 17.5. The van der Waals surface area contributed by atoms with Crippen LogP contribution >= 0.6 is 11.8 Å². The highest BCUT2D eigenvalue weighted by Gasteiger charge is 2.21. The molecule has 1 N–H and O–H groups in total. The van der Waals surface area contributed by atoms with Gasteiger partial charge in [-0.1, -0.05) is 30.0 Å². The summed E-state index contributed by atoms with van der Waals surface area (Å²) in [5, 5.41) is 4.36. The minimum absolute atomic E-state index is 0.000464. The zero-order chi connectivity index (χ0) is 19.0. The second-order valence-corrected chi connectivity index (χ2v) is 7.83. The van der Waals surface area contributed by atoms with Gasteiger partial charge in [0, 0.05) is 10.9 Å². The molecule has 1 aliphatic rings. The molecule has 0 saturated heterocycles. The summed E-state index contributed by atoms with van der Waals surface area (Å²) >= 11 is 1.43. The molecule has 1 amide bonds. The number of para-hydroxylation sites is 1. The van der Waals surface area contributed by atoms with Gasteiger partial charge in [-0.2, -0.15) is 0 Å². The fourth-order valence-corrected chi connectivity index (χ4v) is 4.09. The number of hydrogen-bond donors (Lipinski definition) is 1. The number of nitrogens with one attached hydrogen (secondary N) is 1. The van der Waals surface area contributed by atoms with Gasteiger partial charge in [-0.25, -0.2) is 4.98 Å². The van der Waals surface area contributed by atoms with Gasteiger partial charge in [0.25, 0.3) is 5.91 Å². The molecule has 2 aromatic carbocycles. The number of carbonyl (C=O) groups is 2. The Morgan fingerprint density at radius 2 is 2.04 bits per heavy atom. The van der Waals surface area contributed by atoms with Crippen molar-refractivity contribution in [2.75, 3.05) is 11.9 Å². The van der Waals surface area contributed by atoms with Gasteiger partial charge < -0.3 is 10.1 Å². The number of benzene rings is 2. The number of carbonyl (C=O) groups excluding carboxylic acids is 2. The van der Waals surface area contributed by atoms with Crippen LogP contribution in [0.2, 0.25) is 0 Å². The molecule has 5 nitrogen and oxygen atoms in total. The van der Waals surface area contributed by atoms with E-state index in [4.69, 9.17) is 4.74 Å². The van der Waals surface area contributed by atoms with E-state index in [1.807, 2.05) is 44.2 Å². The Kier molecular flexibility index (Phi) is 4.58. The van der Waals surface area contributed by atoms with E-state index in [9.17, 15) is 9.59 Å². The first-order chi connectivity index (χ1) is 13.0. The number of aromatic nitrogens is 1. The smallest absolute Gasteiger partial charge is 0.262 e. The van der Waals surface area contributed by atoms with Crippen LogP contribution in [0.5, 0.6) is 5.75 Å². The molecule has 6 heteroatoms. The Labute approximate surface area is 161 Å². The molecule has 1 aromatic heterocycles. The topological polar surface area (TPSA) is 68.3 Å². The summed E-state index contributed by atoms with van der Waals surface area (Å²) in [7, 11) is 0. The highest BCUT2D eigenvalue weighted by molar-refractivity contribution is 8.00. The molecule has 0 spiro atoms. The number of ketones is 1. The van der Waals surface area contributed by atoms with Crippen LogP contribution in [0.15, 0.2) is 53.6 Å². The minimum Gasteiger partial charge on any atom is -0.482 e. The van der Waals surface area contributed by atoms with E-state index >= 15 is 0 Å². The molecule has 1 atom stereocenters. The van der Waals surface area contributed by atoms with Crippen LogP contribution in [0.25, 0.3) is 10.9 Å². The molecule has 0 aliphatic carbocycles. The maximum Gasteiger partial charge on any atom is 0.262 e. The number of nitrogens with zero attached hydrogens (tertiary/aromatic N) is 1. The third-order valence-electron chi connectivity index (χ3n) is 4.46. The van der Waals surface area contributed by atoms with Crippen LogP contribution in [0.1, 0.15) is 22.8 Å². The molecule has 3 aromatic rings. The van der Waals surface area contributed by atoms with Gasteiger partial charge in [0.2, 0.25) is 0 Å². The molecule has 0 bridgehead atoms. The number of aryl methyl sites for hydroxylation is 1. The standard InChI is InChI=1S/C21H18N2O3S/c1-12-9-20(23-16-6-4-3-5-15(12)16)27-13(2)21(25)14-7-8-18-17(10-14)22-19(24)11-26-18/h3-10,13H,11H2,1-2H3,(H,22,24). The molecule has 27 heavy (non-hydrogen) atoms. The average molecular weight is 378 g/mol. The predicted molar refractivity (Wildman–Crippen MR) is 107 cm³/mol. The lowest BCUT2D eigenvalue weighted by Crippen LogP contribution is -2.25. The third-order valence-corrected chi connectivity index (χ3v) is 5.48. The van der Waals surface area contributed by atoms with Gasteiger partial charge in [-0.3, -0.25) is 9.59 Å². The van der Waals surface area contributed by atoms with Gasteiger partial charge in [0.15, 0.2) is 12.4 Å². The number of fused-ring (bicyclic) bond motifs is 2. The van der Waals surface area contributed by atoms with Gasteiger partial charge in [0.1, 0.15) is 5.75 Å². The van der Waals surface area contributed by atoms with Gasteiger partial charge in [-0.15, -0.1) is 0 Å². The van der Waals surface area contributed by atoms with Crippen molar-refractivity contribution in [3.05, 3.63) is 59.7 Å². The predicted octanol–water partition coefficient (Wildman–Crippen LogP) is 4.24. The SMILES string of the molecule is Cc1cc(SC(C)C(=O)c2ccc3c(c2)NC(=O)CO3)nc2ccccc12. The molecule has 136 valence electrons. The van der Waals surface area contributed by atoms with E-state index < -0.39 is 0 Å². The summed E-state index contributed by atoms with van der Waals surface area (Å²) in [5.41, 5.74) is 3.13. The summed E-state index contributed by atoms with van der Waals surface area (Å²) in [5.74, 6) is 0.346. The Hall–Kier alpha value is -2.86. The zero-order valence-electron chi connectivity index (χ0n) is 15.0. The molecule has 0 saturated carbocycles. The maximum absolute atomic E-state index is 12.9. The lowest BCUT2D eigenvalue weighted by molar-refractivity contribution is -0.118. The van der Waals surface area contributed by atoms with Crippen LogP contribution in [0, 0.1) is 6.92 Å². The Morgan fingerprint density at radius 1 is 1.22 bits per heavy atom. The minimum atomic E-state index is -0.309. The molecular formula is C21H18N2O3S. The summed E-state index contributed by atoms with van der Waals surface area (Å²) in [4.78, 5) is 29.0. The van der Waals surface area contributed by atoms with Crippen molar-refractivity contribution < 1.29 is 14.3 Å². The lowest BCUT2D eigenvalue weighted by Gasteiger charge is -2.19. The quantitative estimate of drug-likeness (QED) is 0.543. The Bertz CT molecular complexity index is 1060. The number of pyridine rings is 1. The number of anilines is 1. The zero-order valence-corrected chi connectivity index (χ0v) is 15.8. The van der Waals surface area contributed by atoms with Crippen molar-refractivity contribution in [2.24, 2.45) is 0 Å². The Balaban J connectivity index is 1.56. The second-order valence-electron chi connectivity index (χ2n) is 6.47. The summed E-state index contributed by atoms with van der Waals surface area (Å²) < 4.78 is 5.34. The number of amides is 1. The average Bonchev–Trinajstić information content (AvgIpc) is 2.66. The fraction of sp³-hybridized carbons (Fsp3) is 0.190. The van der Waals surface area contributed by atoms with E-state index in [1.165, 1.54) is 11.8 Å². The molecule has 0 radical (unpaired) electrons. The van der Waals surface area contributed by atoms with Crippen molar-refractivity contribution in [2.45, 2.75) is 24.1 Å². The third kappa shape index (κ3) is 3.53. The van der Waals surface area contributed by atoms with Crippen molar-refractivity contribution in [3.63, 3.8) is 0 Å². The molecule has 0 fully saturated rings. The number of Topliss-reactive ketones (excluding diaryl/α,β-unsaturated/α-hetero) is 1. The van der Waals surface area contributed by atoms with Crippen LogP contribution in [-0.2, 0) is 4.79 Å². The lowest BCUT2D eigenvalue weighted by atomic mass is 10.1. The van der Waals surface area contributed by atoms with E-state index in [2.05, 4.69) is 10.3 Å². The van der Waals surface area contributed by atoms with Crippen LogP contribution in [-0.4, -0.2) is 28.5 Å². The maximum atomic E-state index is 12.9. The Morgan fingerprint density at radius 3 is 2.89 bits per heavy atom. The molecule has 1 aliphatic heterocycles. The molecular weight excluding hydrogens is 360 g/mol. The fourth-order valence-electron chi connectivity index (χ4n) is 3.08. The number of ether oxygens (including phenoxy) is 1.